The second-order valence-corrected chi connectivity index (χ2v) is 6.81. The third-order valence-corrected chi connectivity index (χ3v) is 4.95. The molecule has 1 aromatic heterocycles. The van der Waals surface area contributed by atoms with Gasteiger partial charge in [-0.05, 0) is 31.7 Å². The third kappa shape index (κ3) is 4.66. The number of anilines is 1. The van der Waals surface area contributed by atoms with Gasteiger partial charge in [0.15, 0.2) is 0 Å². The molecule has 1 N–H and O–H groups in total. The molecule has 1 saturated heterocycles. The van der Waals surface area contributed by atoms with Gasteiger partial charge in [0, 0.05) is 25.3 Å². The van der Waals surface area contributed by atoms with Crippen LogP contribution in [0.3, 0.4) is 0 Å². The molecule has 2 heterocycles. The molecule has 126 valence electrons. The standard InChI is InChI=1S/C18H28N4O/c23-17(20-15-9-5-1-2-6-10-15)16-11-12-19-18(21-16)22-13-7-3-4-8-14-22/h11-12,15H,1-10,13-14H2,(H,20,23). The zero-order valence-corrected chi connectivity index (χ0v) is 14.0. The predicted molar refractivity (Wildman–Crippen MR) is 91.7 cm³/mol. The van der Waals surface area contributed by atoms with E-state index in [2.05, 4.69) is 20.2 Å². The van der Waals surface area contributed by atoms with E-state index >= 15 is 0 Å². The SMILES string of the molecule is O=C(NC1CCCCCC1)c1ccnc(N2CCCCCC2)n1. The summed E-state index contributed by atoms with van der Waals surface area (Å²) in [6.45, 7) is 1.99. The van der Waals surface area contributed by atoms with Gasteiger partial charge >= 0.3 is 0 Å². The molecule has 2 fully saturated rings. The van der Waals surface area contributed by atoms with Crippen molar-refractivity contribution >= 4 is 11.9 Å². The smallest absolute Gasteiger partial charge is 0.270 e. The molecule has 1 aromatic rings. The van der Waals surface area contributed by atoms with Gasteiger partial charge < -0.3 is 10.2 Å². The van der Waals surface area contributed by atoms with Crippen molar-refractivity contribution in [3.63, 3.8) is 0 Å². The lowest BCUT2D eigenvalue weighted by Gasteiger charge is -2.21. The number of carbonyl (C=O) groups excluding carboxylic acids is 1. The maximum absolute atomic E-state index is 12.5. The second kappa shape index (κ2) is 8.27. The number of amides is 1. The lowest BCUT2D eigenvalue weighted by molar-refractivity contribution is 0.0928. The maximum Gasteiger partial charge on any atom is 0.270 e. The average Bonchev–Trinajstić information content (AvgIpc) is 3.00. The average molecular weight is 316 g/mol. The van der Waals surface area contributed by atoms with Crippen LogP contribution in [0, 0.1) is 0 Å². The highest BCUT2D eigenvalue weighted by molar-refractivity contribution is 5.92. The Balaban J connectivity index is 1.64. The minimum absolute atomic E-state index is 0.0460. The highest BCUT2D eigenvalue weighted by Gasteiger charge is 2.18. The summed E-state index contributed by atoms with van der Waals surface area (Å²) in [4.78, 5) is 23.6. The monoisotopic (exact) mass is 316 g/mol. The third-order valence-electron chi connectivity index (χ3n) is 4.95. The van der Waals surface area contributed by atoms with E-state index in [9.17, 15) is 4.79 Å². The summed E-state index contributed by atoms with van der Waals surface area (Å²) >= 11 is 0. The van der Waals surface area contributed by atoms with E-state index in [1.807, 2.05) is 0 Å². The normalized spacial score (nSPS) is 20.6. The van der Waals surface area contributed by atoms with Crippen LogP contribution in [0.25, 0.3) is 0 Å². The summed E-state index contributed by atoms with van der Waals surface area (Å²) in [6, 6.07) is 2.04. The summed E-state index contributed by atoms with van der Waals surface area (Å²) in [5.41, 5.74) is 0.503. The highest BCUT2D eigenvalue weighted by atomic mass is 16.1. The molecule has 3 rings (SSSR count). The minimum atomic E-state index is -0.0460. The first-order valence-electron chi connectivity index (χ1n) is 9.22. The van der Waals surface area contributed by atoms with Crippen LogP contribution in [-0.4, -0.2) is 35.0 Å². The van der Waals surface area contributed by atoms with Crippen LogP contribution < -0.4 is 10.2 Å². The van der Waals surface area contributed by atoms with Crippen molar-refractivity contribution in [2.75, 3.05) is 18.0 Å². The van der Waals surface area contributed by atoms with Crippen molar-refractivity contribution in [2.45, 2.75) is 70.3 Å². The molecule has 23 heavy (non-hydrogen) atoms. The van der Waals surface area contributed by atoms with E-state index in [0.717, 1.165) is 25.9 Å². The molecule has 1 amide bonds. The number of rotatable bonds is 3. The fourth-order valence-corrected chi connectivity index (χ4v) is 3.58. The Hall–Kier alpha value is -1.65. The van der Waals surface area contributed by atoms with Gasteiger partial charge in [-0.25, -0.2) is 9.97 Å². The number of hydrogen-bond donors (Lipinski definition) is 1. The van der Waals surface area contributed by atoms with Gasteiger partial charge in [0.1, 0.15) is 5.69 Å². The Morgan fingerprint density at radius 2 is 1.65 bits per heavy atom. The topological polar surface area (TPSA) is 58.1 Å². The molecule has 0 aromatic carbocycles. The fraction of sp³-hybridized carbons (Fsp3) is 0.722. The number of aromatic nitrogens is 2. The molecule has 1 saturated carbocycles. The van der Waals surface area contributed by atoms with E-state index in [1.54, 1.807) is 12.3 Å². The van der Waals surface area contributed by atoms with Gasteiger partial charge in [-0.3, -0.25) is 4.79 Å². The van der Waals surface area contributed by atoms with Crippen molar-refractivity contribution in [1.29, 1.82) is 0 Å². The molecule has 0 bridgehead atoms. The predicted octanol–water partition coefficient (Wildman–Crippen LogP) is 3.31. The van der Waals surface area contributed by atoms with E-state index in [4.69, 9.17) is 0 Å². The van der Waals surface area contributed by atoms with Crippen LogP contribution in [0.1, 0.15) is 74.7 Å². The molecule has 0 radical (unpaired) electrons. The van der Waals surface area contributed by atoms with Crippen molar-refractivity contribution in [2.24, 2.45) is 0 Å². The van der Waals surface area contributed by atoms with E-state index in [1.165, 1.54) is 51.4 Å². The number of nitrogens with one attached hydrogen (secondary N) is 1. The van der Waals surface area contributed by atoms with Crippen LogP contribution in [0.5, 0.6) is 0 Å². The summed E-state index contributed by atoms with van der Waals surface area (Å²) in [5, 5.41) is 3.17. The van der Waals surface area contributed by atoms with Crippen LogP contribution in [0.15, 0.2) is 12.3 Å². The summed E-state index contributed by atoms with van der Waals surface area (Å²) in [6.07, 6.45) is 13.8. The Kier molecular flexibility index (Phi) is 5.83. The molecule has 0 unspecified atom stereocenters. The Morgan fingerprint density at radius 1 is 1.00 bits per heavy atom. The van der Waals surface area contributed by atoms with Crippen molar-refractivity contribution in [3.05, 3.63) is 18.0 Å². The van der Waals surface area contributed by atoms with Crippen LogP contribution in [0.2, 0.25) is 0 Å². The van der Waals surface area contributed by atoms with E-state index in [-0.39, 0.29) is 5.91 Å². The highest BCUT2D eigenvalue weighted by Crippen LogP contribution is 2.18. The first-order valence-corrected chi connectivity index (χ1v) is 9.22. The molecule has 5 nitrogen and oxygen atoms in total. The molecular weight excluding hydrogens is 288 g/mol. The molecule has 0 spiro atoms. The van der Waals surface area contributed by atoms with Gasteiger partial charge in [0.05, 0.1) is 0 Å². The molecular formula is C18H28N4O. The van der Waals surface area contributed by atoms with Crippen LogP contribution >= 0.6 is 0 Å². The zero-order chi connectivity index (χ0) is 15.9. The summed E-state index contributed by atoms with van der Waals surface area (Å²) in [5.74, 6) is 0.663. The first-order chi connectivity index (χ1) is 11.3. The maximum atomic E-state index is 12.5. The summed E-state index contributed by atoms with van der Waals surface area (Å²) in [7, 11) is 0. The number of carbonyl (C=O) groups is 1. The number of hydrogen-bond acceptors (Lipinski definition) is 4. The fourth-order valence-electron chi connectivity index (χ4n) is 3.58. The number of nitrogens with zero attached hydrogens (tertiary/aromatic N) is 3. The quantitative estimate of drug-likeness (QED) is 0.869. The van der Waals surface area contributed by atoms with Crippen LogP contribution in [0.4, 0.5) is 5.95 Å². The van der Waals surface area contributed by atoms with Gasteiger partial charge in [-0.15, -0.1) is 0 Å². The lowest BCUT2D eigenvalue weighted by atomic mass is 10.1. The van der Waals surface area contributed by atoms with Gasteiger partial charge in [0.25, 0.3) is 5.91 Å². The Labute approximate surface area is 138 Å². The largest absolute Gasteiger partial charge is 0.348 e. The first kappa shape index (κ1) is 16.2. The Bertz CT molecular complexity index is 503. The van der Waals surface area contributed by atoms with E-state index in [0.29, 0.717) is 17.7 Å². The Morgan fingerprint density at radius 3 is 2.35 bits per heavy atom. The zero-order valence-electron chi connectivity index (χ0n) is 14.0. The van der Waals surface area contributed by atoms with Gasteiger partial charge in [-0.1, -0.05) is 38.5 Å². The molecule has 2 aliphatic rings. The van der Waals surface area contributed by atoms with Crippen LogP contribution in [-0.2, 0) is 0 Å². The van der Waals surface area contributed by atoms with Gasteiger partial charge in [0.2, 0.25) is 5.95 Å². The molecule has 1 aliphatic heterocycles. The molecule has 5 heteroatoms. The van der Waals surface area contributed by atoms with Gasteiger partial charge in [-0.2, -0.15) is 0 Å². The van der Waals surface area contributed by atoms with Crippen molar-refractivity contribution in [3.8, 4) is 0 Å². The van der Waals surface area contributed by atoms with Crippen molar-refractivity contribution < 1.29 is 4.79 Å². The molecule has 1 aliphatic carbocycles. The lowest BCUT2D eigenvalue weighted by Crippen LogP contribution is -2.35. The van der Waals surface area contributed by atoms with Crippen molar-refractivity contribution in [1.82, 2.24) is 15.3 Å². The molecule has 0 atom stereocenters. The second-order valence-electron chi connectivity index (χ2n) is 6.81. The van der Waals surface area contributed by atoms with E-state index < -0.39 is 0 Å². The minimum Gasteiger partial charge on any atom is -0.348 e. The summed E-state index contributed by atoms with van der Waals surface area (Å²) < 4.78 is 0.